The number of aromatic carboxylic acids is 1. The number of para-hydroxylation sites is 1. The molecule has 2 aromatic carbocycles. The summed E-state index contributed by atoms with van der Waals surface area (Å²) in [7, 11) is 0. The molecule has 0 saturated carbocycles. The monoisotopic (exact) mass is 413 g/mol. The molecule has 0 spiro atoms. The topological polar surface area (TPSA) is 118 Å². The third-order valence-corrected chi connectivity index (χ3v) is 5.10. The van der Waals surface area contributed by atoms with Gasteiger partial charge in [0, 0.05) is 21.7 Å². The SMILES string of the molecule is N/C(=C\c1ccccc1N)C(=O)Nc1scc(-c2ccc(Cl)cc2)c1C(=O)O. The molecule has 1 amide bonds. The van der Waals surface area contributed by atoms with Gasteiger partial charge in [0.15, 0.2) is 0 Å². The van der Waals surface area contributed by atoms with E-state index in [1.165, 1.54) is 6.08 Å². The molecule has 0 aliphatic heterocycles. The molecule has 0 unspecified atom stereocenters. The third kappa shape index (κ3) is 4.16. The standard InChI is InChI=1S/C20H16ClN3O3S/c21-13-7-5-11(6-8-13)14-10-28-19(17(14)20(26)27)24-18(25)16(23)9-12-3-1-2-4-15(12)22/h1-10H,22-23H2,(H,24,25)(H,26,27)/b16-9-. The minimum atomic E-state index is -1.16. The van der Waals surface area contributed by atoms with E-state index in [4.69, 9.17) is 23.1 Å². The van der Waals surface area contributed by atoms with E-state index in [9.17, 15) is 14.7 Å². The highest BCUT2D eigenvalue weighted by Gasteiger charge is 2.21. The molecule has 6 N–H and O–H groups in total. The zero-order valence-corrected chi connectivity index (χ0v) is 16.1. The van der Waals surface area contributed by atoms with Crippen molar-refractivity contribution in [3.05, 3.63) is 75.8 Å². The van der Waals surface area contributed by atoms with Crippen LogP contribution in [0.4, 0.5) is 10.7 Å². The molecule has 6 nitrogen and oxygen atoms in total. The van der Waals surface area contributed by atoms with Gasteiger partial charge in [-0.2, -0.15) is 0 Å². The number of benzene rings is 2. The number of thiophene rings is 1. The van der Waals surface area contributed by atoms with Crippen LogP contribution in [0.15, 0.2) is 59.6 Å². The summed E-state index contributed by atoms with van der Waals surface area (Å²) in [6, 6.07) is 13.7. The van der Waals surface area contributed by atoms with Gasteiger partial charge in [-0.05, 0) is 35.4 Å². The maximum Gasteiger partial charge on any atom is 0.339 e. The minimum absolute atomic E-state index is 0.00676. The summed E-state index contributed by atoms with van der Waals surface area (Å²) in [5.74, 6) is -1.77. The number of anilines is 2. The quantitative estimate of drug-likeness (QED) is 0.367. The van der Waals surface area contributed by atoms with E-state index in [2.05, 4.69) is 5.32 Å². The highest BCUT2D eigenvalue weighted by atomic mass is 35.5. The normalized spacial score (nSPS) is 11.2. The lowest BCUT2D eigenvalue weighted by molar-refractivity contribution is -0.112. The van der Waals surface area contributed by atoms with E-state index in [-0.39, 0.29) is 16.3 Å². The number of rotatable bonds is 5. The molecule has 1 aromatic heterocycles. The second kappa shape index (κ2) is 8.16. The summed E-state index contributed by atoms with van der Waals surface area (Å²) in [6.45, 7) is 0. The van der Waals surface area contributed by atoms with Crippen molar-refractivity contribution in [2.24, 2.45) is 5.73 Å². The number of nitrogens with two attached hydrogens (primary N) is 2. The van der Waals surface area contributed by atoms with Gasteiger partial charge >= 0.3 is 5.97 Å². The number of amides is 1. The fourth-order valence-electron chi connectivity index (χ4n) is 2.55. The van der Waals surface area contributed by atoms with E-state index >= 15 is 0 Å². The fraction of sp³-hybridized carbons (Fsp3) is 0. The number of carboxylic acids is 1. The summed E-state index contributed by atoms with van der Waals surface area (Å²) in [5.41, 5.74) is 13.9. The maximum absolute atomic E-state index is 12.4. The maximum atomic E-state index is 12.4. The molecule has 28 heavy (non-hydrogen) atoms. The Labute approximate surface area is 170 Å². The van der Waals surface area contributed by atoms with E-state index in [1.54, 1.807) is 53.9 Å². The summed E-state index contributed by atoms with van der Waals surface area (Å²) in [4.78, 5) is 24.2. The smallest absolute Gasteiger partial charge is 0.339 e. The number of hydrogen-bond acceptors (Lipinski definition) is 5. The summed E-state index contributed by atoms with van der Waals surface area (Å²) in [5, 5.41) is 14.6. The Balaban J connectivity index is 1.90. The number of nitrogen functional groups attached to an aromatic ring is 1. The summed E-state index contributed by atoms with van der Waals surface area (Å²) >= 11 is 6.99. The molecule has 0 aliphatic carbocycles. The molecular weight excluding hydrogens is 398 g/mol. The molecule has 0 atom stereocenters. The van der Waals surface area contributed by atoms with Crippen LogP contribution < -0.4 is 16.8 Å². The van der Waals surface area contributed by atoms with Crippen molar-refractivity contribution in [1.29, 1.82) is 0 Å². The highest BCUT2D eigenvalue weighted by Crippen LogP contribution is 2.36. The van der Waals surface area contributed by atoms with Crippen LogP contribution in [0.2, 0.25) is 5.02 Å². The van der Waals surface area contributed by atoms with Gasteiger partial charge in [-0.1, -0.05) is 41.9 Å². The predicted molar refractivity (Wildman–Crippen MR) is 113 cm³/mol. The second-order valence-corrected chi connectivity index (χ2v) is 7.16. The van der Waals surface area contributed by atoms with E-state index in [0.717, 1.165) is 11.3 Å². The van der Waals surface area contributed by atoms with Crippen molar-refractivity contribution >= 4 is 51.6 Å². The molecule has 142 valence electrons. The zero-order chi connectivity index (χ0) is 20.3. The zero-order valence-electron chi connectivity index (χ0n) is 14.5. The van der Waals surface area contributed by atoms with Crippen LogP contribution in [-0.2, 0) is 4.79 Å². The van der Waals surface area contributed by atoms with Gasteiger partial charge in [0.2, 0.25) is 0 Å². The van der Waals surface area contributed by atoms with Crippen LogP contribution in [-0.4, -0.2) is 17.0 Å². The average Bonchev–Trinajstić information content (AvgIpc) is 3.08. The molecule has 0 saturated heterocycles. The van der Waals surface area contributed by atoms with E-state index in [0.29, 0.717) is 27.4 Å². The Morgan fingerprint density at radius 2 is 1.79 bits per heavy atom. The number of nitrogens with one attached hydrogen (secondary N) is 1. The Kier molecular flexibility index (Phi) is 5.67. The van der Waals surface area contributed by atoms with Gasteiger partial charge in [0.05, 0.1) is 5.70 Å². The van der Waals surface area contributed by atoms with E-state index in [1.807, 2.05) is 0 Å². The minimum Gasteiger partial charge on any atom is -0.478 e. The van der Waals surface area contributed by atoms with Crippen molar-refractivity contribution in [2.75, 3.05) is 11.1 Å². The Bertz CT molecular complexity index is 1070. The predicted octanol–water partition coefficient (Wildman–Crippen LogP) is 4.29. The van der Waals surface area contributed by atoms with Gasteiger partial charge < -0.3 is 21.9 Å². The average molecular weight is 414 g/mol. The Hall–Kier alpha value is -3.29. The molecule has 0 bridgehead atoms. The number of carboxylic acid groups (broad SMARTS) is 1. The van der Waals surface area contributed by atoms with Gasteiger partial charge in [-0.25, -0.2) is 4.79 Å². The lowest BCUT2D eigenvalue weighted by Gasteiger charge is -2.07. The fourth-order valence-corrected chi connectivity index (χ4v) is 3.64. The molecule has 0 fully saturated rings. The first kappa shape index (κ1) is 19.5. The summed E-state index contributed by atoms with van der Waals surface area (Å²) < 4.78 is 0. The Morgan fingerprint density at radius 3 is 2.43 bits per heavy atom. The van der Waals surface area contributed by atoms with Crippen LogP contribution in [0.1, 0.15) is 15.9 Å². The molecule has 0 aliphatic rings. The van der Waals surface area contributed by atoms with Gasteiger partial charge in [0.1, 0.15) is 10.6 Å². The first-order valence-corrected chi connectivity index (χ1v) is 9.36. The van der Waals surface area contributed by atoms with Gasteiger partial charge in [0.25, 0.3) is 5.91 Å². The Morgan fingerprint density at radius 1 is 1.11 bits per heavy atom. The van der Waals surface area contributed by atoms with Crippen molar-refractivity contribution < 1.29 is 14.7 Å². The van der Waals surface area contributed by atoms with Crippen LogP contribution in [0, 0.1) is 0 Å². The van der Waals surface area contributed by atoms with Crippen molar-refractivity contribution in [1.82, 2.24) is 0 Å². The number of halogens is 1. The number of carbonyl (C=O) groups excluding carboxylic acids is 1. The molecule has 3 aromatic rings. The number of carbonyl (C=O) groups is 2. The van der Waals surface area contributed by atoms with Crippen LogP contribution >= 0.6 is 22.9 Å². The van der Waals surface area contributed by atoms with Gasteiger partial charge in [-0.3, -0.25) is 4.79 Å². The van der Waals surface area contributed by atoms with E-state index < -0.39 is 11.9 Å². The third-order valence-electron chi connectivity index (χ3n) is 3.96. The molecule has 3 rings (SSSR count). The second-order valence-electron chi connectivity index (χ2n) is 5.85. The lowest BCUT2D eigenvalue weighted by Crippen LogP contribution is -2.20. The summed E-state index contributed by atoms with van der Waals surface area (Å²) in [6.07, 6.45) is 1.44. The molecule has 8 heteroatoms. The lowest BCUT2D eigenvalue weighted by atomic mass is 10.0. The molecule has 1 heterocycles. The van der Waals surface area contributed by atoms with Crippen LogP contribution in [0.5, 0.6) is 0 Å². The van der Waals surface area contributed by atoms with Crippen molar-refractivity contribution in [3.8, 4) is 11.1 Å². The van der Waals surface area contributed by atoms with Crippen molar-refractivity contribution in [3.63, 3.8) is 0 Å². The van der Waals surface area contributed by atoms with Gasteiger partial charge in [-0.15, -0.1) is 11.3 Å². The first-order chi connectivity index (χ1) is 13.4. The van der Waals surface area contributed by atoms with Crippen LogP contribution in [0.3, 0.4) is 0 Å². The highest BCUT2D eigenvalue weighted by molar-refractivity contribution is 7.15. The molecule has 0 radical (unpaired) electrons. The largest absolute Gasteiger partial charge is 0.478 e. The van der Waals surface area contributed by atoms with Crippen molar-refractivity contribution in [2.45, 2.75) is 0 Å². The molecular formula is C20H16ClN3O3S. The number of hydrogen-bond donors (Lipinski definition) is 4. The first-order valence-electron chi connectivity index (χ1n) is 8.10. The van der Waals surface area contributed by atoms with Crippen LogP contribution in [0.25, 0.3) is 17.2 Å².